The monoisotopic (exact) mass is 275 g/mol. The zero-order chi connectivity index (χ0) is 12.3. The van der Waals surface area contributed by atoms with Crippen LogP contribution in [0.2, 0.25) is 10.0 Å². The number of hydrogen-bond donors (Lipinski definition) is 0. The molecule has 1 nitrogen and oxygen atoms in total. The van der Waals surface area contributed by atoms with Crippen LogP contribution in [-0.4, -0.2) is 11.6 Å². The summed E-state index contributed by atoms with van der Waals surface area (Å²) in [5, 5.41) is 12.9. The van der Waals surface area contributed by atoms with E-state index in [1.165, 1.54) is 0 Å². The molecule has 0 saturated heterocycles. The summed E-state index contributed by atoms with van der Waals surface area (Å²) in [6, 6.07) is 3.54. The molecule has 4 heteroatoms. The molecule has 16 heavy (non-hydrogen) atoms. The van der Waals surface area contributed by atoms with Crippen LogP contribution < -0.4 is 5.11 Å². The molecule has 0 aliphatic heterocycles. The first-order chi connectivity index (χ1) is 7.43. The van der Waals surface area contributed by atoms with Crippen molar-refractivity contribution in [1.29, 1.82) is 0 Å². The minimum Gasteiger partial charge on any atom is -0.823 e. The molecule has 0 aliphatic carbocycles. The standard InChI is InChI=1S/C12H15Cl2OP/c1-7(2)6-16-12(15)10-9(13)5-4-8(3)11(10)14/h4-5,7,15H,6H2,1-3H3/p-1. The highest BCUT2D eigenvalue weighted by Gasteiger charge is 2.07. The number of aryl methyl sites for hydroxylation is 1. The Labute approximate surface area is 108 Å². The van der Waals surface area contributed by atoms with Gasteiger partial charge in [-0.15, -0.1) is 13.7 Å². The molecule has 0 atom stereocenters. The van der Waals surface area contributed by atoms with Crippen LogP contribution in [0, 0.1) is 12.8 Å². The van der Waals surface area contributed by atoms with Crippen LogP contribution in [0.5, 0.6) is 0 Å². The van der Waals surface area contributed by atoms with Crippen molar-refractivity contribution >= 4 is 36.9 Å². The van der Waals surface area contributed by atoms with Gasteiger partial charge in [0.2, 0.25) is 0 Å². The fourth-order valence-corrected chi connectivity index (χ4v) is 2.79. The van der Waals surface area contributed by atoms with Crippen LogP contribution in [0.25, 0.3) is 0 Å². The fourth-order valence-electron chi connectivity index (χ4n) is 1.20. The highest BCUT2D eigenvalue weighted by atomic mass is 35.5. The van der Waals surface area contributed by atoms with Crippen LogP contribution >= 0.6 is 31.4 Å². The third-order valence-electron chi connectivity index (χ3n) is 2.10. The van der Waals surface area contributed by atoms with Crippen molar-refractivity contribution in [2.45, 2.75) is 20.8 Å². The Morgan fingerprint density at radius 2 is 2.00 bits per heavy atom. The third kappa shape index (κ3) is 3.46. The lowest BCUT2D eigenvalue weighted by Gasteiger charge is -2.17. The molecule has 0 bridgehead atoms. The summed E-state index contributed by atoms with van der Waals surface area (Å²) in [4.78, 5) is 0. The van der Waals surface area contributed by atoms with Crippen molar-refractivity contribution in [3.63, 3.8) is 0 Å². The summed E-state index contributed by atoms with van der Waals surface area (Å²) >= 11 is 12.1. The van der Waals surface area contributed by atoms with Crippen molar-refractivity contribution < 1.29 is 5.11 Å². The Bertz CT molecular complexity index is 414. The van der Waals surface area contributed by atoms with Gasteiger partial charge in [0, 0.05) is 10.6 Å². The highest BCUT2D eigenvalue weighted by Crippen LogP contribution is 2.29. The zero-order valence-corrected chi connectivity index (χ0v) is 12.0. The average molecular weight is 276 g/mol. The lowest BCUT2D eigenvalue weighted by molar-refractivity contribution is -0.207. The Morgan fingerprint density at radius 1 is 1.38 bits per heavy atom. The summed E-state index contributed by atoms with van der Waals surface area (Å²) in [6.45, 7) is 6.04. The summed E-state index contributed by atoms with van der Waals surface area (Å²) in [6.07, 6.45) is 0.833. The van der Waals surface area contributed by atoms with Crippen LogP contribution in [0.4, 0.5) is 0 Å². The molecule has 88 valence electrons. The molecule has 0 heterocycles. The van der Waals surface area contributed by atoms with Gasteiger partial charge in [0.25, 0.3) is 0 Å². The zero-order valence-electron chi connectivity index (χ0n) is 9.55. The van der Waals surface area contributed by atoms with Gasteiger partial charge in [0.1, 0.15) is 0 Å². The van der Waals surface area contributed by atoms with Crippen molar-refractivity contribution in [3.8, 4) is 0 Å². The van der Waals surface area contributed by atoms with Crippen LogP contribution in [0.1, 0.15) is 25.0 Å². The van der Waals surface area contributed by atoms with Gasteiger partial charge in [0.15, 0.2) is 0 Å². The molecule has 0 saturated carbocycles. The number of halogens is 2. The highest BCUT2D eigenvalue weighted by molar-refractivity contribution is 7.40. The molecule has 0 spiro atoms. The molecule has 0 N–H and O–H groups in total. The van der Waals surface area contributed by atoms with E-state index in [0.717, 1.165) is 19.9 Å². The van der Waals surface area contributed by atoms with E-state index in [9.17, 15) is 5.11 Å². The van der Waals surface area contributed by atoms with Crippen LogP contribution in [0.15, 0.2) is 12.1 Å². The van der Waals surface area contributed by atoms with E-state index in [1.807, 2.05) is 13.0 Å². The third-order valence-corrected chi connectivity index (χ3v) is 4.32. The second kappa shape index (κ2) is 6.02. The molecule has 0 aliphatic rings. The number of benzene rings is 1. The van der Waals surface area contributed by atoms with E-state index in [2.05, 4.69) is 13.8 Å². The van der Waals surface area contributed by atoms with Crippen LogP contribution in [0.3, 0.4) is 0 Å². The quantitative estimate of drug-likeness (QED) is 0.771. The van der Waals surface area contributed by atoms with Crippen molar-refractivity contribution in [3.05, 3.63) is 33.3 Å². The minimum atomic E-state index is 0.00685. The van der Waals surface area contributed by atoms with Gasteiger partial charge in [-0.1, -0.05) is 43.1 Å². The summed E-state index contributed by atoms with van der Waals surface area (Å²) < 4.78 is 0. The fraction of sp³-hybridized carbons (Fsp3) is 0.417. The second-order valence-electron chi connectivity index (χ2n) is 4.09. The summed E-state index contributed by atoms with van der Waals surface area (Å²) in [5.41, 5.74) is 1.35. The maximum absolute atomic E-state index is 12.0. The molecule has 0 fully saturated rings. The number of hydrogen-bond acceptors (Lipinski definition) is 1. The average Bonchev–Trinajstić information content (AvgIpc) is 2.21. The predicted octanol–water partition coefficient (Wildman–Crippen LogP) is 3.74. The SMILES string of the molecule is Cc1ccc(Cl)c(C([O-])=PCC(C)C)c1Cl. The molecule has 1 rings (SSSR count). The lowest BCUT2D eigenvalue weighted by atomic mass is 10.1. The smallest absolute Gasteiger partial charge is 0.0515 e. The molecule has 0 unspecified atom stereocenters. The molecular weight excluding hydrogens is 262 g/mol. The summed E-state index contributed by atoms with van der Waals surface area (Å²) in [7, 11) is 0.756. The Hall–Kier alpha value is -0.0700. The van der Waals surface area contributed by atoms with E-state index in [1.54, 1.807) is 6.07 Å². The van der Waals surface area contributed by atoms with E-state index >= 15 is 0 Å². The van der Waals surface area contributed by atoms with Crippen molar-refractivity contribution in [2.24, 2.45) is 5.92 Å². The van der Waals surface area contributed by atoms with Gasteiger partial charge >= 0.3 is 0 Å². The van der Waals surface area contributed by atoms with Gasteiger partial charge in [-0.2, -0.15) is 0 Å². The minimum absolute atomic E-state index is 0.00685. The lowest BCUT2D eigenvalue weighted by Crippen LogP contribution is -2.18. The van der Waals surface area contributed by atoms with E-state index in [4.69, 9.17) is 23.2 Å². The molecule has 0 aromatic heterocycles. The van der Waals surface area contributed by atoms with Gasteiger partial charge in [-0.3, -0.25) is 0 Å². The first-order valence-corrected chi connectivity index (χ1v) is 6.93. The first-order valence-electron chi connectivity index (χ1n) is 5.10. The maximum Gasteiger partial charge on any atom is 0.0515 e. The Kier molecular flexibility index (Phi) is 5.27. The van der Waals surface area contributed by atoms with E-state index < -0.39 is 0 Å². The van der Waals surface area contributed by atoms with Crippen molar-refractivity contribution in [2.75, 3.05) is 6.16 Å². The Morgan fingerprint density at radius 3 is 2.56 bits per heavy atom. The van der Waals surface area contributed by atoms with Crippen molar-refractivity contribution in [1.82, 2.24) is 0 Å². The second-order valence-corrected chi connectivity index (χ2v) is 5.97. The van der Waals surface area contributed by atoms with Gasteiger partial charge in [0.05, 0.1) is 5.02 Å². The predicted molar refractivity (Wildman–Crippen MR) is 71.9 cm³/mol. The van der Waals surface area contributed by atoms with E-state index in [0.29, 0.717) is 21.5 Å². The molecule has 0 amide bonds. The summed E-state index contributed by atoms with van der Waals surface area (Å²) in [5.74, 6) is 0.493. The molecule has 1 aromatic rings. The Balaban J connectivity index is 3.12. The molecular formula is C12H14Cl2OP-. The van der Waals surface area contributed by atoms with Gasteiger partial charge in [-0.05, 0) is 30.6 Å². The van der Waals surface area contributed by atoms with Gasteiger partial charge in [-0.25, -0.2) is 0 Å². The van der Waals surface area contributed by atoms with E-state index in [-0.39, 0.29) is 5.48 Å². The largest absolute Gasteiger partial charge is 0.823 e. The van der Waals surface area contributed by atoms with Crippen LogP contribution in [-0.2, 0) is 0 Å². The molecule has 0 radical (unpaired) electrons. The molecule has 1 aromatic carbocycles. The topological polar surface area (TPSA) is 23.1 Å². The maximum atomic E-state index is 12.0. The first kappa shape index (κ1) is 14.0. The van der Waals surface area contributed by atoms with Gasteiger partial charge < -0.3 is 5.11 Å². The number of rotatable bonds is 3. The normalized spacial score (nSPS) is 12.3.